The molecule has 1 saturated heterocycles. The zero-order valence-corrected chi connectivity index (χ0v) is 13.2. The number of ketones is 1. The normalized spacial score (nSPS) is 18.8. The minimum absolute atomic E-state index is 0.141. The summed E-state index contributed by atoms with van der Waals surface area (Å²) < 4.78 is 0. The molecule has 8 nitrogen and oxygen atoms in total. The molecule has 0 spiro atoms. The maximum atomic E-state index is 12.3. The van der Waals surface area contributed by atoms with Crippen molar-refractivity contribution in [2.45, 2.75) is 31.7 Å². The Hall–Kier alpha value is -2.64. The van der Waals surface area contributed by atoms with E-state index in [0.717, 1.165) is 25.7 Å². The number of Topliss-reactive ketones (excluding diaryl/α,β-unsaturated/α-hetero) is 1. The number of hydrogen-bond acceptors (Lipinski definition) is 5. The number of carbonyl (C=O) groups is 2. The highest BCUT2D eigenvalue weighted by atomic mass is 16.4. The number of aromatic amines is 1. The first-order valence-electron chi connectivity index (χ1n) is 8.24. The summed E-state index contributed by atoms with van der Waals surface area (Å²) in [7, 11) is 0. The lowest BCUT2D eigenvalue weighted by molar-refractivity contribution is 0.0969. The standard InChI is InChI=1S/C16H19N5O3/c22-14(9-1-2-9)11-7-17-15-13(11)20-12(8-18-15)19-10-3-5-21(6-4-10)16(23)24/h7-10H,1-6H2,(H,17,18)(H,19,20)(H,23,24). The first kappa shape index (κ1) is 14.9. The van der Waals surface area contributed by atoms with Gasteiger partial charge in [0, 0.05) is 31.2 Å². The van der Waals surface area contributed by atoms with Gasteiger partial charge in [-0.2, -0.15) is 0 Å². The summed E-state index contributed by atoms with van der Waals surface area (Å²) >= 11 is 0. The lowest BCUT2D eigenvalue weighted by Crippen LogP contribution is -2.41. The molecule has 4 rings (SSSR count). The number of nitrogens with zero attached hydrogens (tertiary/aromatic N) is 3. The first-order chi connectivity index (χ1) is 11.6. The van der Waals surface area contributed by atoms with Crippen molar-refractivity contribution in [3.8, 4) is 0 Å². The molecule has 1 aliphatic heterocycles. The highest BCUT2D eigenvalue weighted by molar-refractivity contribution is 6.08. The zero-order chi connectivity index (χ0) is 16.7. The summed E-state index contributed by atoms with van der Waals surface area (Å²) in [5, 5.41) is 12.3. The maximum absolute atomic E-state index is 12.3. The molecular formula is C16H19N5O3. The number of fused-ring (bicyclic) bond motifs is 1. The number of H-pyrrole nitrogens is 1. The van der Waals surface area contributed by atoms with E-state index in [0.29, 0.717) is 35.6 Å². The quantitative estimate of drug-likeness (QED) is 0.741. The predicted octanol–water partition coefficient (Wildman–Crippen LogP) is 2.10. The van der Waals surface area contributed by atoms with Gasteiger partial charge in [0.1, 0.15) is 11.3 Å². The van der Waals surface area contributed by atoms with E-state index >= 15 is 0 Å². The van der Waals surface area contributed by atoms with Gasteiger partial charge in [-0.15, -0.1) is 0 Å². The third-order valence-corrected chi connectivity index (χ3v) is 4.71. The molecule has 1 aliphatic carbocycles. The van der Waals surface area contributed by atoms with Crippen LogP contribution in [0.15, 0.2) is 12.4 Å². The third kappa shape index (κ3) is 2.79. The molecule has 3 N–H and O–H groups in total. The van der Waals surface area contributed by atoms with Crippen molar-refractivity contribution in [3.05, 3.63) is 18.0 Å². The molecule has 8 heteroatoms. The van der Waals surface area contributed by atoms with Crippen LogP contribution in [0.2, 0.25) is 0 Å². The van der Waals surface area contributed by atoms with E-state index in [1.807, 2.05) is 0 Å². The van der Waals surface area contributed by atoms with Gasteiger partial charge in [0.25, 0.3) is 0 Å². The van der Waals surface area contributed by atoms with E-state index in [1.54, 1.807) is 12.4 Å². The maximum Gasteiger partial charge on any atom is 0.407 e. The Bertz CT molecular complexity index is 790. The van der Waals surface area contributed by atoms with Gasteiger partial charge >= 0.3 is 6.09 Å². The van der Waals surface area contributed by atoms with Gasteiger partial charge < -0.3 is 20.3 Å². The highest BCUT2D eigenvalue weighted by Crippen LogP contribution is 2.34. The van der Waals surface area contributed by atoms with Crippen LogP contribution in [0.1, 0.15) is 36.0 Å². The van der Waals surface area contributed by atoms with Crippen LogP contribution in [0.5, 0.6) is 0 Å². The van der Waals surface area contributed by atoms with Crippen LogP contribution in [0.25, 0.3) is 11.2 Å². The van der Waals surface area contributed by atoms with Crippen molar-refractivity contribution in [1.82, 2.24) is 19.9 Å². The lowest BCUT2D eigenvalue weighted by atomic mass is 10.1. The van der Waals surface area contributed by atoms with Crippen molar-refractivity contribution in [3.63, 3.8) is 0 Å². The molecule has 0 aromatic carbocycles. The molecule has 0 unspecified atom stereocenters. The molecule has 24 heavy (non-hydrogen) atoms. The largest absolute Gasteiger partial charge is 0.465 e. The first-order valence-corrected chi connectivity index (χ1v) is 8.24. The summed E-state index contributed by atoms with van der Waals surface area (Å²) in [5.74, 6) is 0.908. The van der Waals surface area contributed by atoms with E-state index in [9.17, 15) is 9.59 Å². The molecule has 2 aliphatic rings. The number of amides is 1. The number of nitrogens with one attached hydrogen (secondary N) is 2. The number of anilines is 1. The Kier molecular flexibility index (Phi) is 3.59. The summed E-state index contributed by atoms with van der Waals surface area (Å²) in [6.07, 6.45) is 5.84. The fourth-order valence-electron chi connectivity index (χ4n) is 3.14. The summed E-state index contributed by atoms with van der Waals surface area (Å²) in [6, 6.07) is 0.161. The Labute approximate surface area is 138 Å². The summed E-state index contributed by atoms with van der Waals surface area (Å²) in [5.41, 5.74) is 1.84. The number of aromatic nitrogens is 3. The van der Waals surface area contributed by atoms with Crippen LogP contribution in [0, 0.1) is 5.92 Å². The molecule has 3 heterocycles. The topological polar surface area (TPSA) is 111 Å². The van der Waals surface area contributed by atoms with Crippen molar-refractivity contribution in [1.29, 1.82) is 0 Å². The Morgan fingerprint density at radius 3 is 2.67 bits per heavy atom. The number of rotatable bonds is 4. The number of carbonyl (C=O) groups excluding carboxylic acids is 1. The third-order valence-electron chi connectivity index (χ3n) is 4.71. The number of piperidine rings is 1. The smallest absolute Gasteiger partial charge is 0.407 e. The number of hydrogen-bond donors (Lipinski definition) is 3. The molecule has 2 fully saturated rings. The lowest BCUT2D eigenvalue weighted by Gasteiger charge is -2.30. The van der Waals surface area contributed by atoms with Gasteiger partial charge in [0.2, 0.25) is 0 Å². The van der Waals surface area contributed by atoms with E-state index in [-0.39, 0.29) is 17.7 Å². The fraction of sp³-hybridized carbons (Fsp3) is 0.500. The SMILES string of the molecule is O=C(c1c[nH]c2ncc(NC3CCN(C(=O)O)CC3)nc12)C1CC1. The van der Waals surface area contributed by atoms with Crippen LogP contribution >= 0.6 is 0 Å². The predicted molar refractivity (Wildman–Crippen MR) is 87.2 cm³/mol. The Morgan fingerprint density at radius 1 is 1.25 bits per heavy atom. The Balaban J connectivity index is 1.49. The van der Waals surface area contributed by atoms with Gasteiger partial charge in [-0.05, 0) is 25.7 Å². The average Bonchev–Trinajstić information content (AvgIpc) is 3.35. The second-order valence-electron chi connectivity index (χ2n) is 6.48. The van der Waals surface area contributed by atoms with Crippen molar-refractivity contribution in [2.75, 3.05) is 18.4 Å². The molecular weight excluding hydrogens is 310 g/mol. The van der Waals surface area contributed by atoms with Crippen LogP contribution in [0.3, 0.4) is 0 Å². The van der Waals surface area contributed by atoms with Crippen LogP contribution in [-0.2, 0) is 0 Å². The van der Waals surface area contributed by atoms with Crippen LogP contribution in [-0.4, -0.2) is 56.0 Å². The van der Waals surface area contributed by atoms with E-state index in [2.05, 4.69) is 20.3 Å². The van der Waals surface area contributed by atoms with Gasteiger partial charge in [-0.25, -0.2) is 14.8 Å². The highest BCUT2D eigenvalue weighted by Gasteiger charge is 2.32. The molecule has 0 bridgehead atoms. The van der Waals surface area contributed by atoms with E-state index in [4.69, 9.17) is 5.11 Å². The van der Waals surface area contributed by atoms with Crippen molar-refractivity contribution >= 4 is 28.9 Å². The molecule has 2 aromatic rings. The van der Waals surface area contributed by atoms with Crippen LogP contribution < -0.4 is 5.32 Å². The van der Waals surface area contributed by atoms with Crippen molar-refractivity contribution < 1.29 is 14.7 Å². The minimum Gasteiger partial charge on any atom is -0.465 e. The second-order valence-corrected chi connectivity index (χ2v) is 6.48. The van der Waals surface area contributed by atoms with Gasteiger partial charge in [0.15, 0.2) is 11.4 Å². The molecule has 2 aromatic heterocycles. The Morgan fingerprint density at radius 2 is 2.00 bits per heavy atom. The summed E-state index contributed by atoms with van der Waals surface area (Å²) in [6.45, 7) is 1.02. The number of carboxylic acid groups (broad SMARTS) is 1. The van der Waals surface area contributed by atoms with E-state index < -0.39 is 6.09 Å². The average molecular weight is 329 g/mol. The van der Waals surface area contributed by atoms with Gasteiger partial charge in [-0.3, -0.25) is 4.79 Å². The molecule has 1 amide bonds. The molecule has 1 saturated carbocycles. The second kappa shape index (κ2) is 5.77. The molecule has 0 radical (unpaired) electrons. The van der Waals surface area contributed by atoms with Crippen LogP contribution in [0.4, 0.5) is 10.6 Å². The van der Waals surface area contributed by atoms with Crippen molar-refractivity contribution in [2.24, 2.45) is 5.92 Å². The number of likely N-dealkylation sites (tertiary alicyclic amines) is 1. The molecule has 0 atom stereocenters. The minimum atomic E-state index is -0.870. The van der Waals surface area contributed by atoms with Gasteiger partial charge in [0.05, 0.1) is 11.8 Å². The monoisotopic (exact) mass is 329 g/mol. The summed E-state index contributed by atoms with van der Waals surface area (Å²) in [4.78, 5) is 36.6. The zero-order valence-electron chi connectivity index (χ0n) is 13.2. The van der Waals surface area contributed by atoms with E-state index in [1.165, 1.54) is 4.90 Å². The van der Waals surface area contributed by atoms with Gasteiger partial charge in [-0.1, -0.05) is 0 Å². The molecule has 126 valence electrons. The fourth-order valence-corrected chi connectivity index (χ4v) is 3.14.